The van der Waals surface area contributed by atoms with E-state index in [1.165, 1.54) is 5.69 Å². The summed E-state index contributed by atoms with van der Waals surface area (Å²) < 4.78 is 1.99. The number of aryl methyl sites for hydroxylation is 1. The Morgan fingerprint density at radius 3 is 2.69 bits per heavy atom. The molecule has 1 saturated heterocycles. The van der Waals surface area contributed by atoms with Gasteiger partial charge in [0.05, 0.1) is 5.69 Å². The topological polar surface area (TPSA) is 40.9 Å². The number of aromatic nitrogens is 2. The van der Waals surface area contributed by atoms with E-state index in [4.69, 9.17) is 4.98 Å². The zero-order chi connectivity index (χ0) is 20.0. The van der Waals surface area contributed by atoms with Crippen molar-refractivity contribution >= 4 is 28.8 Å². The fourth-order valence-corrected chi connectivity index (χ4v) is 4.41. The number of pyridine rings is 1. The van der Waals surface area contributed by atoms with Gasteiger partial charge >= 0.3 is 0 Å². The van der Waals surface area contributed by atoms with E-state index in [9.17, 15) is 4.79 Å². The Hall–Kier alpha value is -2.92. The summed E-state index contributed by atoms with van der Waals surface area (Å²) in [5.74, 6) is 0.145. The minimum atomic E-state index is 0.145. The number of anilines is 1. The lowest BCUT2D eigenvalue weighted by Gasteiger charge is -2.36. The predicted octanol–water partition coefficient (Wildman–Crippen LogP) is 3.45. The Kier molecular flexibility index (Phi) is 4.47. The van der Waals surface area contributed by atoms with Gasteiger partial charge in [-0.15, -0.1) is 0 Å². The van der Waals surface area contributed by atoms with Crippen molar-refractivity contribution in [2.24, 2.45) is 0 Å². The number of carbonyl (C=O) groups is 1. The first kappa shape index (κ1) is 18.1. The molecule has 3 heterocycles. The Morgan fingerprint density at radius 2 is 1.93 bits per heavy atom. The van der Waals surface area contributed by atoms with Crippen LogP contribution in [-0.4, -0.2) is 52.8 Å². The second-order valence-corrected chi connectivity index (χ2v) is 8.01. The van der Waals surface area contributed by atoms with Gasteiger partial charge < -0.3 is 14.2 Å². The fourth-order valence-electron chi connectivity index (χ4n) is 4.41. The van der Waals surface area contributed by atoms with Gasteiger partial charge in [-0.25, -0.2) is 4.98 Å². The van der Waals surface area contributed by atoms with Crippen molar-refractivity contribution in [3.8, 4) is 0 Å². The second-order valence-electron chi connectivity index (χ2n) is 8.01. The molecule has 148 valence electrons. The molecule has 0 saturated carbocycles. The average Bonchev–Trinajstić information content (AvgIpc) is 3.18. The maximum absolute atomic E-state index is 13.0. The lowest BCUT2D eigenvalue weighted by Crippen LogP contribution is -2.46. The molecule has 5 heteroatoms. The highest BCUT2D eigenvalue weighted by Gasteiger charge is 2.24. The zero-order valence-electron chi connectivity index (χ0n) is 17.1. The first-order valence-corrected chi connectivity index (χ1v) is 10.4. The molecule has 29 heavy (non-hydrogen) atoms. The molecule has 0 unspecified atom stereocenters. The minimum Gasteiger partial charge on any atom is -0.369 e. The molecule has 1 aliphatic heterocycles. The third kappa shape index (κ3) is 3.25. The summed E-state index contributed by atoms with van der Waals surface area (Å²) in [6.45, 7) is 9.66. The number of piperazine rings is 1. The Morgan fingerprint density at radius 1 is 1.10 bits per heavy atom. The Balaban J connectivity index is 1.45. The van der Waals surface area contributed by atoms with Crippen LogP contribution in [0, 0.1) is 6.92 Å². The van der Waals surface area contributed by atoms with Gasteiger partial charge in [0.2, 0.25) is 0 Å². The van der Waals surface area contributed by atoms with Crippen LogP contribution in [0.25, 0.3) is 17.3 Å². The van der Waals surface area contributed by atoms with E-state index >= 15 is 0 Å². The number of hydrogen-bond donors (Lipinski definition) is 0. The van der Waals surface area contributed by atoms with E-state index in [0.29, 0.717) is 12.0 Å². The molecule has 0 atom stereocenters. The van der Waals surface area contributed by atoms with Crippen molar-refractivity contribution in [3.63, 3.8) is 0 Å². The number of Topliss-reactive ketones (excluding diaryl/α,β-unsaturated/α-hetero) is 1. The largest absolute Gasteiger partial charge is 0.369 e. The highest BCUT2D eigenvalue weighted by atomic mass is 16.1. The number of rotatable bonds is 3. The van der Waals surface area contributed by atoms with Crippen molar-refractivity contribution in [2.75, 3.05) is 37.6 Å². The van der Waals surface area contributed by atoms with Crippen molar-refractivity contribution in [2.45, 2.75) is 20.3 Å². The Bertz CT molecular complexity index is 1120. The van der Waals surface area contributed by atoms with Crippen LogP contribution < -0.4 is 4.90 Å². The molecular weight excluding hydrogens is 360 g/mol. The molecule has 0 spiro atoms. The molecular formula is C24H26N4O. The van der Waals surface area contributed by atoms with Crippen LogP contribution in [-0.2, 0) is 11.2 Å². The monoisotopic (exact) mass is 386 g/mol. The van der Waals surface area contributed by atoms with E-state index < -0.39 is 0 Å². The lowest BCUT2D eigenvalue weighted by molar-refractivity contribution is -0.113. The van der Waals surface area contributed by atoms with Gasteiger partial charge in [0.15, 0.2) is 5.78 Å². The normalized spacial score (nSPS) is 17.5. The van der Waals surface area contributed by atoms with Crippen molar-refractivity contribution in [1.82, 2.24) is 14.3 Å². The van der Waals surface area contributed by atoms with Gasteiger partial charge in [-0.1, -0.05) is 19.1 Å². The average molecular weight is 386 g/mol. The maximum atomic E-state index is 13.0. The summed E-state index contributed by atoms with van der Waals surface area (Å²) in [5, 5.41) is 0. The van der Waals surface area contributed by atoms with Crippen LogP contribution >= 0.6 is 0 Å². The molecule has 3 aromatic rings. The summed E-state index contributed by atoms with van der Waals surface area (Å²) >= 11 is 0. The van der Waals surface area contributed by atoms with Crippen LogP contribution in [0.15, 0.2) is 42.7 Å². The third-order valence-corrected chi connectivity index (χ3v) is 6.22. The first-order chi connectivity index (χ1) is 14.1. The molecule has 1 aromatic carbocycles. The standard InChI is InChI=1S/C24H26N4O/c1-3-26-9-11-27(12-10-26)20-7-6-18-14-21(23(29)15-19(18)13-20)22-16-28-8-4-5-17(2)24(28)25-22/h4-8,13-14,16H,3,9-12,15H2,1-2H3. The molecule has 0 N–H and O–H groups in total. The molecule has 1 fully saturated rings. The quantitative estimate of drug-likeness (QED) is 0.691. The van der Waals surface area contributed by atoms with E-state index in [1.54, 1.807) is 0 Å². The number of hydrogen-bond acceptors (Lipinski definition) is 4. The van der Waals surface area contributed by atoms with Crippen LogP contribution in [0.2, 0.25) is 0 Å². The smallest absolute Gasteiger partial charge is 0.169 e. The van der Waals surface area contributed by atoms with Crippen molar-refractivity contribution in [3.05, 3.63) is 65.1 Å². The van der Waals surface area contributed by atoms with Gasteiger partial charge in [-0.2, -0.15) is 0 Å². The van der Waals surface area contributed by atoms with Crippen LogP contribution in [0.5, 0.6) is 0 Å². The maximum Gasteiger partial charge on any atom is 0.169 e. The van der Waals surface area contributed by atoms with E-state index in [1.807, 2.05) is 41.9 Å². The predicted molar refractivity (Wildman–Crippen MR) is 117 cm³/mol. The number of allylic oxidation sites excluding steroid dienone is 1. The van der Waals surface area contributed by atoms with Gasteiger partial charge in [0.1, 0.15) is 5.65 Å². The SMILES string of the molecule is CCN1CCN(c2ccc3c(c2)CC(=O)C(c2cn4cccc(C)c4n2)=C3)CC1. The number of carbonyl (C=O) groups excluding carboxylic acids is 1. The summed E-state index contributed by atoms with van der Waals surface area (Å²) in [6.07, 6.45) is 6.39. The van der Waals surface area contributed by atoms with Crippen molar-refractivity contribution < 1.29 is 4.79 Å². The summed E-state index contributed by atoms with van der Waals surface area (Å²) in [7, 11) is 0. The van der Waals surface area contributed by atoms with Crippen LogP contribution in [0.1, 0.15) is 29.3 Å². The molecule has 0 amide bonds. The van der Waals surface area contributed by atoms with Gasteiger partial charge in [0, 0.05) is 56.3 Å². The first-order valence-electron chi connectivity index (χ1n) is 10.4. The molecule has 0 radical (unpaired) electrons. The number of fused-ring (bicyclic) bond motifs is 2. The molecule has 0 bridgehead atoms. The molecule has 5 rings (SSSR count). The fraction of sp³-hybridized carbons (Fsp3) is 0.333. The summed E-state index contributed by atoms with van der Waals surface area (Å²) in [6, 6.07) is 10.6. The molecule has 2 aliphatic rings. The summed E-state index contributed by atoms with van der Waals surface area (Å²) in [4.78, 5) is 22.6. The third-order valence-electron chi connectivity index (χ3n) is 6.22. The number of benzene rings is 1. The van der Waals surface area contributed by atoms with E-state index in [0.717, 1.165) is 60.8 Å². The summed E-state index contributed by atoms with van der Waals surface area (Å²) in [5.41, 5.74) is 6.96. The van der Waals surface area contributed by atoms with Crippen LogP contribution in [0.4, 0.5) is 5.69 Å². The number of imidazole rings is 1. The van der Waals surface area contributed by atoms with E-state index in [2.05, 4.69) is 34.9 Å². The second kappa shape index (κ2) is 7.16. The van der Waals surface area contributed by atoms with Crippen molar-refractivity contribution in [1.29, 1.82) is 0 Å². The number of ketones is 1. The molecule has 1 aliphatic carbocycles. The highest BCUT2D eigenvalue weighted by Crippen LogP contribution is 2.31. The molecule has 5 nitrogen and oxygen atoms in total. The van der Waals surface area contributed by atoms with Gasteiger partial charge in [-0.05, 0) is 54.4 Å². The van der Waals surface area contributed by atoms with E-state index in [-0.39, 0.29) is 5.78 Å². The lowest BCUT2D eigenvalue weighted by atomic mass is 9.89. The zero-order valence-corrected chi connectivity index (χ0v) is 17.1. The number of nitrogens with zero attached hydrogens (tertiary/aromatic N) is 4. The molecule has 2 aromatic heterocycles. The van der Waals surface area contributed by atoms with Crippen LogP contribution in [0.3, 0.4) is 0 Å². The van der Waals surface area contributed by atoms with Gasteiger partial charge in [0.25, 0.3) is 0 Å². The van der Waals surface area contributed by atoms with Gasteiger partial charge in [-0.3, -0.25) is 4.79 Å². The highest BCUT2D eigenvalue weighted by molar-refractivity contribution is 6.27. The minimum absolute atomic E-state index is 0.145. The Labute approximate surface area is 171 Å². The number of likely N-dealkylation sites (N-methyl/N-ethyl adjacent to an activating group) is 1.